The molecule has 5 aromatic rings. The van der Waals surface area contributed by atoms with Gasteiger partial charge in [0.25, 0.3) is 11.8 Å². The second kappa shape index (κ2) is 6.51. The molecule has 10 nitrogen and oxygen atoms in total. The summed E-state index contributed by atoms with van der Waals surface area (Å²) in [5, 5.41) is 20.1. The van der Waals surface area contributed by atoms with E-state index in [0.29, 0.717) is 28.9 Å². The van der Waals surface area contributed by atoms with Crippen LogP contribution in [-0.4, -0.2) is 40.4 Å². The first-order valence-corrected chi connectivity index (χ1v) is 8.94. The number of fused-ring (bicyclic) bond motifs is 2. The van der Waals surface area contributed by atoms with E-state index in [0.717, 1.165) is 16.5 Å². The molecular weight excluding hydrogens is 372 g/mol. The number of nitrogens with one attached hydrogen (secondary N) is 1. The van der Waals surface area contributed by atoms with Crippen LogP contribution in [0, 0.1) is 6.92 Å². The van der Waals surface area contributed by atoms with Gasteiger partial charge >= 0.3 is 0 Å². The highest BCUT2D eigenvalue weighted by Gasteiger charge is 2.17. The molecule has 4 aromatic heterocycles. The van der Waals surface area contributed by atoms with Crippen LogP contribution in [0.5, 0.6) is 0 Å². The predicted molar refractivity (Wildman–Crippen MR) is 103 cm³/mol. The van der Waals surface area contributed by atoms with Crippen molar-refractivity contribution in [2.24, 2.45) is 7.05 Å². The summed E-state index contributed by atoms with van der Waals surface area (Å²) in [4.78, 5) is 16.9. The fraction of sp³-hybridized carbons (Fsp3) is 0.158. The van der Waals surface area contributed by atoms with Gasteiger partial charge < -0.3 is 9.84 Å². The molecule has 0 aliphatic carbocycles. The monoisotopic (exact) mass is 388 g/mol. The summed E-state index contributed by atoms with van der Waals surface area (Å²) in [5.41, 5.74) is 2.65. The predicted octanol–water partition coefficient (Wildman–Crippen LogP) is 1.90. The Morgan fingerprint density at radius 1 is 1.21 bits per heavy atom. The molecule has 0 unspecified atom stereocenters. The first kappa shape index (κ1) is 17.0. The molecule has 1 aromatic carbocycles. The average molecular weight is 388 g/mol. The lowest BCUT2D eigenvalue weighted by molar-refractivity contribution is 0.0945. The molecule has 0 saturated heterocycles. The Morgan fingerprint density at radius 3 is 2.90 bits per heavy atom. The van der Waals surface area contributed by atoms with Crippen molar-refractivity contribution >= 4 is 22.5 Å². The zero-order chi connectivity index (χ0) is 20.0. The lowest BCUT2D eigenvalue weighted by atomic mass is 10.2. The first-order chi connectivity index (χ1) is 14.1. The summed E-state index contributed by atoms with van der Waals surface area (Å²) in [6.07, 6.45) is 1.81. The number of para-hydroxylation sites is 1. The third-order valence-electron chi connectivity index (χ3n) is 4.64. The van der Waals surface area contributed by atoms with Crippen LogP contribution in [0.1, 0.15) is 22.1 Å². The van der Waals surface area contributed by atoms with Crippen LogP contribution < -0.4 is 5.32 Å². The highest BCUT2D eigenvalue weighted by molar-refractivity contribution is 6.04. The average Bonchev–Trinajstić information content (AvgIpc) is 3.43. The summed E-state index contributed by atoms with van der Waals surface area (Å²) in [6, 6.07) is 11.2. The van der Waals surface area contributed by atoms with Crippen molar-refractivity contribution in [2.75, 3.05) is 0 Å². The van der Waals surface area contributed by atoms with Crippen molar-refractivity contribution < 1.29 is 9.32 Å². The number of hydrogen-bond acceptors (Lipinski definition) is 7. The normalized spacial score (nSPS) is 11.4. The van der Waals surface area contributed by atoms with E-state index in [9.17, 15) is 4.79 Å². The fourth-order valence-corrected chi connectivity index (χ4v) is 3.23. The zero-order valence-corrected chi connectivity index (χ0v) is 15.7. The van der Waals surface area contributed by atoms with E-state index in [1.54, 1.807) is 22.1 Å². The van der Waals surface area contributed by atoms with Gasteiger partial charge in [0.2, 0.25) is 0 Å². The van der Waals surface area contributed by atoms with Gasteiger partial charge in [-0.2, -0.15) is 10.1 Å². The number of carbonyl (C=O) groups is 1. The highest BCUT2D eigenvalue weighted by Crippen LogP contribution is 2.19. The van der Waals surface area contributed by atoms with E-state index < -0.39 is 0 Å². The molecule has 1 N–H and O–H groups in total. The largest absolute Gasteiger partial charge is 0.343 e. The van der Waals surface area contributed by atoms with Gasteiger partial charge in [0.1, 0.15) is 0 Å². The Labute approximate surface area is 164 Å². The van der Waals surface area contributed by atoms with Gasteiger partial charge in [-0.15, -0.1) is 10.2 Å². The van der Waals surface area contributed by atoms with Crippen LogP contribution in [0.4, 0.5) is 0 Å². The number of aromatic nitrogens is 7. The molecule has 4 heterocycles. The molecular formula is C19H16N8O2. The smallest absolute Gasteiger partial charge is 0.272 e. The van der Waals surface area contributed by atoms with E-state index in [2.05, 4.69) is 30.8 Å². The minimum absolute atomic E-state index is 0.212. The van der Waals surface area contributed by atoms with Crippen LogP contribution in [-0.2, 0) is 13.6 Å². The summed E-state index contributed by atoms with van der Waals surface area (Å²) in [6.45, 7) is 1.97. The standard InChI is InChI=1S/C19H16N8O2/c1-11-21-19(29-25-11)12-7-8-27-15(9-12)22-23-16(27)10-20-18(28)17-13-5-3-4-6-14(13)26(2)24-17/h3-9H,10H2,1-2H3,(H,20,28). The molecule has 0 aliphatic heterocycles. The van der Waals surface area contributed by atoms with Gasteiger partial charge in [-0.1, -0.05) is 23.4 Å². The Kier molecular flexibility index (Phi) is 3.83. The third-order valence-corrected chi connectivity index (χ3v) is 4.64. The van der Waals surface area contributed by atoms with E-state index in [1.807, 2.05) is 43.6 Å². The van der Waals surface area contributed by atoms with Gasteiger partial charge in [-0.25, -0.2) is 0 Å². The number of benzene rings is 1. The Bertz CT molecular complexity index is 1360. The summed E-state index contributed by atoms with van der Waals surface area (Å²) < 4.78 is 8.67. The molecule has 0 saturated carbocycles. The highest BCUT2D eigenvalue weighted by atomic mass is 16.5. The first-order valence-electron chi connectivity index (χ1n) is 8.94. The van der Waals surface area contributed by atoms with Gasteiger partial charge in [-0.3, -0.25) is 13.9 Å². The maximum absolute atomic E-state index is 12.7. The number of rotatable bonds is 4. The maximum Gasteiger partial charge on any atom is 0.272 e. The van der Waals surface area contributed by atoms with E-state index >= 15 is 0 Å². The van der Waals surface area contributed by atoms with Crippen molar-refractivity contribution in [3.63, 3.8) is 0 Å². The molecule has 5 rings (SSSR count). The second-order valence-corrected chi connectivity index (χ2v) is 6.58. The molecule has 0 aliphatic rings. The third kappa shape index (κ3) is 2.90. The fourth-order valence-electron chi connectivity index (χ4n) is 3.23. The van der Waals surface area contributed by atoms with Crippen molar-refractivity contribution in [3.05, 3.63) is 59.9 Å². The molecule has 1 amide bonds. The number of nitrogens with zero attached hydrogens (tertiary/aromatic N) is 7. The lowest BCUT2D eigenvalue weighted by Crippen LogP contribution is -2.24. The van der Waals surface area contributed by atoms with Crippen LogP contribution >= 0.6 is 0 Å². The molecule has 0 atom stereocenters. The Hall–Kier alpha value is -4.08. The van der Waals surface area contributed by atoms with Crippen LogP contribution in [0.3, 0.4) is 0 Å². The molecule has 0 fully saturated rings. The lowest BCUT2D eigenvalue weighted by Gasteiger charge is -2.03. The van der Waals surface area contributed by atoms with E-state index in [-0.39, 0.29) is 12.5 Å². The minimum Gasteiger partial charge on any atom is -0.343 e. The van der Waals surface area contributed by atoms with Gasteiger partial charge in [0.05, 0.1) is 12.1 Å². The number of amides is 1. The number of pyridine rings is 1. The summed E-state index contributed by atoms with van der Waals surface area (Å²) in [5.74, 6) is 1.31. The van der Waals surface area contributed by atoms with E-state index in [1.165, 1.54) is 0 Å². The number of hydrogen-bond donors (Lipinski definition) is 1. The summed E-state index contributed by atoms with van der Waals surface area (Å²) in [7, 11) is 1.81. The molecule has 144 valence electrons. The number of carbonyl (C=O) groups excluding carboxylic acids is 1. The number of aryl methyl sites for hydroxylation is 2. The van der Waals surface area contributed by atoms with Crippen molar-refractivity contribution in [2.45, 2.75) is 13.5 Å². The Morgan fingerprint density at radius 2 is 2.07 bits per heavy atom. The molecule has 0 radical (unpaired) electrons. The van der Waals surface area contributed by atoms with Gasteiger partial charge in [0, 0.05) is 24.2 Å². The van der Waals surface area contributed by atoms with Crippen molar-refractivity contribution in [1.82, 2.24) is 39.8 Å². The van der Waals surface area contributed by atoms with Crippen LogP contribution in [0.15, 0.2) is 47.1 Å². The minimum atomic E-state index is -0.267. The van der Waals surface area contributed by atoms with Crippen LogP contribution in [0.25, 0.3) is 28.0 Å². The van der Waals surface area contributed by atoms with Crippen molar-refractivity contribution in [1.29, 1.82) is 0 Å². The summed E-state index contributed by atoms with van der Waals surface area (Å²) >= 11 is 0. The quantitative estimate of drug-likeness (QED) is 0.500. The topological polar surface area (TPSA) is 116 Å². The van der Waals surface area contributed by atoms with E-state index in [4.69, 9.17) is 4.52 Å². The molecule has 10 heteroatoms. The maximum atomic E-state index is 12.7. The van der Waals surface area contributed by atoms with Gasteiger partial charge in [-0.05, 0) is 25.1 Å². The Balaban J connectivity index is 1.38. The van der Waals surface area contributed by atoms with Crippen LogP contribution in [0.2, 0.25) is 0 Å². The molecule has 0 spiro atoms. The van der Waals surface area contributed by atoms with Crippen molar-refractivity contribution in [3.8, 4) is 11.5 Å². The van der Waals surface area contributed by atoms with Gasteiger partial charge in [0.15, 0.2) is 23.0 Å². The zero-order valence-electron chi connectivity index (χ0n) is 15.7. The molecule has 29 heavy (non-hydrogen) atoms. The second-order valence-electron chi connectivity index (χ2n) is 6.58. The SMILES string of the molecule is Cc1noc(-c2ccn3c(CNC(=O)c4nn(C)c5ccccc45)nnc3c2)n1. The molecule has 0 bridgehead atoms.